The quantitative estimate of drug-likeness (QED) is 0.484. The van der Waals surface area contributed by atoms with Crippen LogP contribution in [0.5, 0.6) is 0 Å². The number of carbonyl (C=O) groups excluding carboxylic acids is 1. The zero-order valence-electron chi connectivity index (χ0n) is 6.91. The van der Waals surface area contributed by atoms with Crippen LogP contribution in [0.2, 0.25) is 0 Å². The van der Waals surface area contributed by atoms with Crippen LogP contribution < -0.4 is 5.73 Å². The first-order valence-electron chi connectivity index (χ1n) is 3.61. The third-order valence-electron chi connectivity index (χ3n) is 1.06. The highest BCUT2D eigenvalue weighted by Crippen LogP contribution is 1.95. The van der Waals surface area contributed by atoms with Crippen molar-refractivity contribution in [2.24, 2.45) is 11.7 Å². The maximum atomic E-state index is 10.9. The Morgan fingerprint density at radius 2 is 2.18 bits per heavy atom. The zero-order valence-corrected chi connectivity index (χ0v) is 7.80. The lowest BCUT2D eigenvalue weighted by molar-refractivity contribution is -0.145. The van der Waals surface area contributed by atoms with Crippen LogP contribution in [0.3, 0.4) is 0 Å². The number of esters is 1. The van der Waals surface area contributed by atoms with E-state index in [1.54, 1.807) is 0 Å². The lowest BCUT2D eigenvalue weighted by atomic mass is 10.2. The molecule has 0 unspecified atom stereocenters. The van der Waals surface area contributed by atoms with E-state index in [1.807, 2.05) is 13.8 Å². The Bertz CT molecular complexity index is 128. The average molecular weight is 177 g/mol. The Balaban J connectivity index is 3.52. The van der Waals surface area contributed by atoms with E-state index in [-0.39, 0.29) is 5.97 Å². The Morgan fingerprint density at radius 3 is 2.55 bits per heavy atom. The van der Waals surface area contributed by atoms with E-state index in [4.69, 9.17) is 10.5 Å². The van der Waals surface area contributed by atoms with Gasteiger partial charge < -0.3 is 10.5 Å². The molecule has 1 atom stereocenters. The van der Waals surface area contributed by atoms with Gasteiger partial charge in [-0.3, -0.25) is 4.79 Å². The molecule has 0 radical (unpaired) electrons. The van der Waals surface area contributed by atoms with E-state index in [9.17, 15) is 4.79 Å². The van der Waals surface area contributed by atoms with Crippen LogP contribution in [0, 0.1) is 5.92 Å². The first kappa shape index (κ1) is 10.8. The summed E-state index contributed by atoms with van der Waals surface area (Å²) in [6.45, 7) is 4.37. The monoisotopic (exact) mass is 177 g/mol. The van der Waals surface area contributed by atoms with Gasteiger partial charge >= 0.3 is 5.97 Å². The first-order chi connectivity index (χ1) is 5.07. The Labute approximate surface area is 72.7 Å². The summed E-state index contributed by atoms with van der Waals surface area (Å²) in [6.07, 6.45) is 0. The molecule has 0 aromatic rings. The van der Waals surface area contributed by atoms with Gasteiger partial charge in [0.1, 0.15) is 6.04 Å². The number of hydrogen-bond acceptors (Lipinski definition) is 4. The fourth-order valence-electron chi connectivity index (χ4n) is 0.430. The van der Waals surface area contributed by atoms with Gasteiger partial charge in [-0.2, -0.15) is 12.6 Å². The van der Waals surface area contributed by atoms with Gasteiger partial charge in [0.15, 0.2) is 0 Å². The molecule has 0 saturated heterocycles. The fraction of sp³-hybridized carbons (Fsp3) is 0.857. The van der Waals surface area contributed by atoms with Crippen molar-refractivity contribution < 1.29 is 9.53 Å². The van der Waals surface area contributed by atoms with Crippen molar-refractivity contribution in [3.8, 4) is 0 Å². The smallest absolute Gasteiger partial charge is 0.323 e. The van der Waals surface area contributed by atoms with Crippen molar-refractivity contribution >= 4 is 18.6 Å². The number of hydrogen-bond donors (Lipinski definition) is 2. The van der Waals surface area contributed by atoms with Crippen molar-refractivity contribution in [2.45, 2.75) is 19.9 Å². The molecule has 0 spiro atoms. The maximum absolute atomic E-state index is 10.9. The maximum Gasteiger partial charge on any atom is 0.323 e. The Morgan fingerprint density at radius 1 is 1.64 bits per heavy atom. The topological polar surface area (TPSA) is 52.3 Å². The van der Waals surface area contributed by atoms with Crippen LogP contribution in [-0.4, -0.2) is 24.4 Å². The summed E-state index contributed by atoms with van der Waals surface area (Å²) >= 11 is 3.87. The van der Waals surface area contributed by atoms with Gasteiger partial charge in [0.2, 0.25) is 0 Å². The molecular weight excluding hydrogens is 162 g/mol. The van der Waals surface area contributed by atoms with Crippen molar-refractivity contribution in [3.63, 3.8) is 0 Å². The second kappa shape index (κ2) is 5.43. The Kier molecular flexibility index (Phi) is 5.32. The highest BCUT2D eigenvalue weighted by atomic mass is 32.1. The minimum atomic E-state index is -0.586. The number of ether oxygens (including phenoxy) is 1. The van der Waals surface area contributed by atoms with E-state index in [1.165, 1.54) is 0 Å². The number of nitrogens with two attached hydrogens (primary N) is 1. The molecular formula is C7H15NO2S. The van der Waals surface area contributed by atoms with Gasteiger partial charge in [0.25, 0.3) is 0 Å². The van der Waals surface area contributed by atoms with Crippen LogP contribution >= 0.6 is 12.6 Å². The molecule has 66 valence electrons. The molecule has 0 aliphatic carbocycles. The van der Waals surface area contributed by atoms with Gasteiger partial charge in [0.05, 0.1) is 6.61 Å². The predicted octanol–water partition coefficient (Wildman–Crippen LogP) is 0.443. The normalized spacial score (nSPS) is 13.2. The lowest BCUT2D eigenvalue weighted by Crippen LogP contribution is -2.34. The van der Waals surface area contributed by atoms with Crippen molar-refractivity contribution in [3.05, 3.63) is 0 Å². The van der Waals surface area contributed by atoms with Gasteiger partial charge in [-0.1, -0.05) is 13.8 Å². The van der Waals surface area contributed by atoms with E-state index in [0.717, 1.165) is 0 Å². The van der Waals surface area contributed by atoms with E-state index < -0.39 is 6.04 Å². The average Bonchev–Trinajstić information content (AvgIpc) is 1.98. The Hall–Kier alpha value is -0.220. The molecule has 0 fully saturated rings. The molecule has 3 nitrogen and oxygen atoms in total. The third kappa shape index (κ3) is 5.09. The molecule has 0 bridgehead atoms. The van der Waals surface area contributed by atoms with Gasteiger partial charge in [-0.15, -0.1) is 0 Å². The predicted molar refractivity (Wildman–Crippen MR) is 47.6 cm³/mol. The molecule has 4 heteroatoms. The minimum Gasteiger partial charge on any atom is -0.464 e. The molecule has 0 heterocycles. The van der Waals surface area contributed by atoms with Crippen LogP contribution in [0.25, 0.3) is 0 Å². The van der Waals surface area contributed by atoms with Crippen molar-refractivity contribution in [1.82, 2.24) is 0 Å². The van der Waals surface area contributed by atoms with E-state index >= 15 is 0 Å². The van der Waals surface area contributed by atoms with Gasteiger partial charge in [-0.05, 0) is 5.92 Å². The third-order valence-corrected chi connectivity index (χ3v) is 1.45. The summed E-state index contributed by atoms with van der Waals surface area (Å²) in [5.41, 5.74) is 5.35. The lowest BCUT2D eigenvalue weighted by Gasteiger charge is -2.10. The molecule has 0 amide bonds. The van der Waals surface area contributed by atoms with Crippen LogP contribution in [-0.2, 0) is 9.53 Å². The standard InChI is InChI=1S/C7H15NO2S/c1-5(2)3-10-7(9)6(8)4-11/h5-6,11H,3-4,8H2,1-2H3/t6-/m1/s1. The molecule has 0 rings (SSSR count). The summed E-state index contributed by atoms with van der Waals surface area (Å²) in [7, 11) is 0. The number of carbonyl (C=O) groups is 1. The summed E-state index contributed by atoms with van der Waals surface area (Å²) in [5.74, 6) is 0.316. The van der Waals surface area contributed by atoms with Crippen LogP contribution in [0.4, 0.5) is 0 Å². The molecule has 11 heavy (non-hydrogen) atoms. The second-order valence-electron chi connectivity index (χ2n) is 2.81. The molecule has 0 aromatic carbocycles. The van der Waals surface area contributed by atoms with Crippen LogP contribution in [0.1, 0.15) is 13.8 Å². The summed E-state index contributed by atoms with van der Waals surface area (Å²) in [5, 5.41) is 0. The number of rotatable bonds is 4. The first-order valence-corrected chi connectivity index (χ1v) is 4.24. The van der Waals surface area contributed by atoms with Gasteiger partial charge in [-0.25, -0.2) is 0 Å². The number of thiol groups is 1. The second-order valence-corrected chi connectivity index (χ2v) is 3.18. The molecule has 0 aliphatic rings. The molecule has 2 N–H and O–H groups in total. The van der Waals surface area contributed by atoms with E-state index in [2.05, 4.69) is 12.6 Å². The van der Waals surface area contributed by atoms with Crippen molar-refractivity contribution in [2.75, 3.05) is 12.4 Å². The highest BCUT2D eigenvalue weighted by Gasteiger charge is 2.12. The molecule has 0 aromatic heterocycles. The van der Waals surface area contributed by atoms with Crippen LogP contribution in [0.15, 0.2) is 0 Å². The SMILES string of the molecule is CC(C)COC(=O)[C@H](N)CS. The minimum absolute atomic E-state index is 0.330. The zero-order chi connectivity index (χ0) is 8.85. The molecule has 0 aliphatic heterocycles. The largest absolute Gasteiger partial charge is 0.464 e. The highest BCUT2D eigenvalue weighted by molar-refractivity contribution is 7.80. The van der Waals surface area contributed by atoms with Gasteiger partial charge in [0, 0.05) is 5.75 Å². The summed E-state index contributed by atoms with van der Waals surface area (Å²) in [4.78, 5) is 10.9. The molecule has 0 saturated carbocycles. The summed E-state index contributed by atoms with van der Waals surface area (Å²) in [6, 6.07) is -0.586. The van der Waals surface area contributed by atoms with Crippen molar-refractivity contribution in [1.29, 1.82) is 0 Å². The fourth-order valence-corrected chi connectivity index (χ4v) is 0.579. The van der Waals surface area contributed by atoms with E-state index in [0.29, 0.717) is 18.3 Å². The summed E-state index contributed by atoms with van der Waals surface area (Å²) < 4.78 is 4.84.